The zero-order valence-electron chi connectivity index (χ0n) is 9.67. The van der Waals surface area contributed by atoms with Crippen molar-refractivity contribution in [3.8, 4) is 5.88 Å². The first-order valence-electron chi connectivity index (χ1n) is 5.01. The van der Waals surface area contributed by atoms with Gasteiger partial charge in [0.05, 0.1) is 12.0 Å². The molecule has 0 aliphatic carbocycles. The fraction of sp³-hybridized carbons (Fsp3) is 0.333. The van der Waals surface area contributed by atoms with Crippen molar-refractivity contribution in [2.45, 2.75) is 0 Å². The second kappa shape index (κ2) is 6.23. The molecule has 9 heteroatoms. The number of amides is 2. The summed E-state index contributed by atoms with van der Waals surface area (Å²) in [5.41, 5.74) is 4.70. The molecule has 0 saturated heterocycles. The van der Waals surface area contributed by atoms with Crippen LogP contribution in [-0.2, 0) is 0 Å². The van der Waals surface area contributed by atoms with E-state index in [1.807, 2.05) is 0 Å². The third-order valence-electron chi connectivity index (χ3n) is 1.97. The topological polar surface area (TPSA) is 132 Å². The minimum absolute atomic E-state index is 0.0746. The minimum Gasteiger partial charge on any atom is -0.481 e. The van der Waals surface area contributed by atoms with Gasteiger partial charge in [-0.1, -0.05) is 0 Å². The molecule has 1 aromatic heterocycles. The van der Waals surface area contributed by atoms with Crippen molar-refractivity contribution >= 4 is 17.5 Å². The molecular weight excluding hydrogens is 242 g/mol. The van der Waals surface area contributed by atoms with Crippen LogP contribution >= 0.6 is 0 Å². The van der Waals surface area contributed by atoms with Crippen molar-refractivity contribution in [2.24, 2.45) is 5.73 Å². The Morgan fingerprint density at radius 3 is 2.83 bits per heavy atom. The molecule has 9 nitrogen and oxygen atoms in total. The summed E-state index contributed by atoms with van der Waals surface area (Å²) < 4.78 is 4.87. The summed E-state index contributed by atoms with van der Waals surface area (Å²) in [7, 11) is 1.41. The van der Waals surface area contributed by atoms with Crippen LogP contribution in [0.25, 0.3) is 0 Å². The number of nitrogens with zero attached hydrogens (tertiary/aromatic N) is 2. The van der Waals surface area contributed by atoms with Gasteiger partial charge in [0.2, 0.25) is 11.7 Å². The lowest BCUT2D eigenvalue weighted by Gasteiger charge is -2.07. The van der Waals surface area contributed by atoms with Crippen molar-refractivity contribution < 1.29 is 14.5 Å². The maximum atomic E-state index is 10.8. The molecular formula is C9H13N5O4. The van der Waals surface area contributed by atoms with E-state index in [2.05, 4.69) is 15.6 Å². The van der Waals surface area contributed by atoms with Gasteiger partial charge in [0.15, 0.2) is 0 Å². The fourth-order valence-electron chi connectivity index (χ4n) is 1.19. The first-order valence-corrected chi connectivity index (χ1v) is 5.01. The van der Waals surface area contributed by atoms with E-state index in [9.17, 15) is 14.9 Å². The molecule has 98 valence electrons. The molecule has 0 aromatic carbocycles. The lowest BCUT2D eigenvalue weighted by Crippen LogP contribution is -2.33. The molecule has 1 rings (SSSR count). The summed E-state index contributed by atoms with van der Waals surface area (Å²) in [5, 5.41) is 15.8. The summed E-state index contributed by atoms with van der Waals surface area (Å²) >= 11 is 0. The van der Waals surface area contributed by atoms with E-state index >= 15 is 0 Å². The number of rotatable bonds is 6. The predicted molar refractivity (Wildman–Crippen MR) is 63.5 cm³/mol. The van der Waals surface area contributed by atoms with E-state index < -0.39 is 11.0 Å². The summed E-state index contributed by atoms with van der Waals surface area (Å²) in [5.74, 6) is 0.330. The number of anilines is 1. The highest BCUT2D eigenvalue weighted by molar-refractivity contribution is 5.71. The molecule has 18 heavy (non-hydrogen) atoms. The van der Waals surface area contributed by atoms with E-state index in [1.165, 1.54) is 19.2 Å². The van der Waals surface area contributed by atoms with Crippen molar-refractivity contribution in [3.63, 3.8) is 0 Å². The smallest absolute Gasteiger partial charge is 0.312 e. The Bertz CT molecular complexity index is 451. The number of carbonyl (C=O) groups is 1. The Morgan fingerprint density at radius 1 is 1.56 bits per heavy atom. The molecule has 1 heterocycles. The van der Waals surface area contributed by atoms with E-state index in [0.717, 1.165) is 0 Å². The van der Waals surface area contributed by atoms with Gasteiger partial charge in [-0.15, -0.1) is 0 Å². The fourth-order valence-corrected chi connectivity index (χ4v) is 1.19. The van der Waals surface area contributed by atoms with Gasteiger partial charge in [-0.05, 0) is 0 Å². The number of nitro groups is 1. The van der Waals surface area contributed by atoms with Crippen molar-refractivity contribution in [2.75, 3.05) is 25.5 Å². The molecule has 0 atom stereocenters. The number of ether oxygens (including phenoxy) is 1. The lowest BCUT2D eigenvalue weighted by molar-refractivity contribution is -0.384. The molecule has 2 amide bonds. The standard InChI is InChI=1S/C9H13N5O4/c1-18-7-3-2-6(14(16)17)8(13-7)11-4-5-12-9(10)15/h2-3H,4-5H2,1H3,(H,11,13)(H3,10,12,15). The van der Waals surface area contributed by atoms with Crippen LogP contribution < -0.4 is 21.1 Å². The van der Waals surface area contributed by atoms with Crippen LogP contribution in [0.2, 0.25) is 0 Å². The highest BCUT2D eigenvalue weighted by atomic mass is 16.6. The molecule has 0 spiro atoms. The van der Waals surface area contributed by atoms with Crippen molar-refractivity contribution in [3.05, 3.63) is 22.2 Å². The van der Waals surface area contributed by atoms with Gasteiger partial charge in [-0.3, -0.25) is 10.1 Å². The summed E-state index contributed by atoms with van der Waals surface area (Å²) in [6, 6.07) is 2.02. The van der Waals surface area contributed by atoms with E-state index in [-0.39, 0.29) is 30.5 Å². The third kappa shape index (κ3) is 3.77. The minimum atomic E-state index is -0.662. The number of urea groups is 1. The molecule has 0 aliphatic heterocycles. The van der Waals surface area contributed by atoms with E-state index in [1.54, 1.807) is 0 Å². The van der Waals surface area contributed by atoms with Gasteiger partial charge in [-0.25, -0.2) is 4.79 Å². The third-order valence-corrected chi connectivity index (χ3v) is 1.97. The van der Waals surface area contributed by atoms with Gasteiger partial charge in [0.1, 0.15) is 0 Å². The van der Waals surface area contributed by atoms with Crippen LogP contribution in [-0.4, -0.2) is 36.1 Å². The Hall–Kier alpha value is -2.58. The number of pyridine rings is 1. The van der Waals surface area contributed by atoms with Gasteiger partial charge in [0, 0.05) is 25.2 Å². The number of nitrogens with two attached hydrogens (primary N) is 1. The predicted octanol–water partition coefficient (Wildman–Crippen LogP) is 0.0786. The molecule has 0 fully saturated rings. The van der Waals surface area contributed by atoms with Crippen LogP contribution in [0.3, 0.4) is 0 Å². The number of nitrogens with one attached hydrogen (secondary N) is 2. The van der Waals surface area contributed by atoms with Gasteiger partial charge in [-0.2, -0.15) is 4.98 Å². The number of hydrogen-bond donors (Lipinski definition) is 3. The number of carbonyl (C=O) groups excluding carboxylic acids is 1. The van der Waals surface area contributed by atoms with Crippen LogP contribution in [0.15, 0.2) is 12.1 Å². The normalized spacial score (nSPS) is 9.61. The lowest BCUT2D eigenvalue weighted by atomic mass is 10.4. The first-order chi connectivity index (χ1) is 8.54. The SMILES string of the molecule is COc1ccc([N+](=O)[O-])c(NCCNC(N)=O)n1. The zero-order chi connectivity index (χ0) is 13.5. The quantitative estimate of drug-likeness (QED) is 0.374. The van der Waals surface area contributed by atoms with Crippen LogP contribution in [0.4, 0.5) is 16.3 Å². The summed E-state index contributed by atoms with van der Waals surface area (Å²) in [6.07, 6.45) is 0. The Balaban J connectivity index is 2.71. The van der Waals surface area contributed by atoms with Gasteiger partial charge in [0.25, 0.3) is 0 Å². The average molecular weight is 255 g/mol. The van der Waals surface area contributed by atoms with Crippen LogP contribution in [0.1, 0.15) is 0 Å². The van der Waals surface area contributed by atoms with Gasteiger partial charge < -0.3 is 21.1 Å². The van der Waals surface area contributed by atoms with E-state index in [0.29, 0.717) is 0 Å². The molecule has 0 aliphatic rings. The Labute approximate surface area is 102 Å². The monoisotopic (exact) mass is 255 g/mol. The molecule has 4 N–H and O–H groups in total. The Morgan fingerprint density at radius 2 is 2.28 bits per heavy atom. The Kier molecular flexibility index (Phi) is 4.67. The largest absolute Gasteiger partial charge is 0.481 e. The second-order valence-electron chi connectivity index (χ2n) is 3.20. The number of methoxy groups -OCH3 is 1. The number of aromatic nitrogens is 1. The zero-order valence-corrected chi connectivity index (χ0v) is 9.67. The highest BCUT2D eigenvalue weighted by Crippen LogP contribution is 2.24. The van der Waals surface area contributed by atoms with Gasteiger partial charge >= 0.3 is 11.7 Å². The van der Waals surface area contributed by atoms with Crippen LogP contribution in [0.5, 0.6) is 5.88 Å². The molecule has 0 unspecified atom stereocenters. The second-order valence-corrected chi connectivity index (χ2v) is 3.20. The molecule has 1 aromatic rings. The molecule has 0 saturated carbocycles. The highest BCUT2D eigenvalue weighted by Gasteiger charge is 2.15. The number of primary amides is 1. The molecule has 0 radical (unpaired) electrons. The van der Waals surface area contributed by atoms with E-state index in [4.69, 9.17) is 10.5 Å². The van der Waals surface area contributed by atoms with Crippen molar-refractivity contribution in [1.82, 2.24) is 10.3 Å². The maximum absolute atomic E-state index is 10.8. The molecule has 0 bridgehead atoms. The number of hydrogen-bond acceptors (Lipinski definition) is 6. The average Bonchev–Trinajstić information content (AvgIpc) is 2.33. The summed E-state index contributed by atoms with van der Waals surface area (Å²) in [4.78, 5) is 24.5. The summed E-state index contributed by atoms with van der Waals surface area (Å²) in [6.45, 7) is 0.481. The van der Waals surface area contributed by atoms with Crippen LogP contribution in [0, 0.1) is 10.1 Å². The maximum Gasteiger partial charge on any atom is 0.312 e. The first kappa shape index (κ1) is 13.5. The van der Waals surface area contributed by atoms with Crippen molar-refractivity contribution in [1.29, 1.82) is 0 Å².